The lowest BCUT2D eigenvalue weighted by molar-refractivity contribution is -0.119. The normalized spacial score (nSPS) is 11.4. The van der Waals surface area contributed by atoms with E-state index < -0.39 is 22.5 Å². The Hall–Kier alpha value is -2.29. The second kappa shape index (κ2) is 9.07. The molecule has 0 unspecified atom stereocenters. The number of amides is 1. The van der Waals surface area contributed by atoms with Gasteiger partial charge in [-0.15, -0.1) is 0 Å². The predicted octanol–water partition coefficient (Wildman–Crippen LogP) is 2.92. The van der Waals surface area contributed by atoms with Crippen LogP contribution in [0.5, 0.6) is 5.75 Å². The van der Waals surface area contributed by atoms with Crippen molar-refractivity contribution in [3.63, 3.8) is 0 Å². The molecule has 0 aliphatic heterocycles. The van der Waals surface area contributed by atoms with E-state index in [0.29, 0.717) is 16.3 Å². The topological polar surface area (TPSA) is 88.1 Å². The highest BCUT2D eigenvalue weighted by molar-refractivity contribution is 7.92. The van der Waals surface area contributed by atoms with Crippen LogP contribution in [0.25, 0.3) is 0 Å². The highest BCUT2D eigenvalue weighted by Gasteiger charge is 2.21. The maximum Gasteiger partial charge on any atom is 0.260 e. The van der Waals surface area contributed by atoms with Crippen LogP contribution < -0.4 is 14.5 Å². The van der Waals surface area contributed by atoms with Crippen LogP contribution in [0.4, 0.5) is 5.69 Å². The zero-order chi connectivity index (χ0) is 20.0. The molecular formula is C17H17Cl2N3O4S. The van der Waals surface area contributed by atoms with E-state index in [1.807, 2.05) is 0 Å². The van der Waals surface area contributed by atoms with Crippen LogP contribution in [0.3, 0.4) is 0 Å². The first-order valence-electron chi connectivity index (χ1n) is 7.59. The average molecular weight is 430 g/mol. The molecule has 0 saturated heterocycles. The number of carbonyl (C=O) groups excluding carboxylic acids is 1. The zero-order valence-corrected chi connectivity index (χ0v) is 16.8. The fourth-order valence-electron chi connectivity index (χ4n) is 2.14. The Morgan fingerprint density at radius 3 is 2.59 bits per heavy atom. The van der Waals surface area contributed by atoms with Crippen molar-refractivity contribution in [2.45, 2.75) is 0 Å². The smallest absolute Gasteiger partial charge is 0.260 e. The number of nitrogens with one attached hydrogen (secondary N) is 1. The van der Waals surface area contributed by atoms with Gasteiger partial charge in [-0.1, -0.05) is 35.3 Å². The van der Waals surface area contributed by atoms with Gasteiger partial charge in [0.25, 0.3) is 5.91 Å². The quantitative estimate of drug-likeness (QED) is 0.541. The van der Waals surface area contributed by atoms with Gasteiger partial charge in [0, 0.05) is 5.02 Å². The van der Waals surface area contributed by atoms with E-state index in [1.54, 1.807) is 24.3 Å². The third kappa shape index (κ3) is 6.13. The first kappa shape index (κ1) is 21.0. The highest BCUT2D eigenvalue weighted by atomic mass is 35.5. The number of rotatable bonds is 7. The summed E-state index contributed by atoms with van der Waals surface area (Å²) in [5.74, 6) is -0.227. The van der Waals surface area contributed by atoms with Crippen molar-refractivity contribution in [3.8, 4) is 5.75 Å². The first-order chi connectivity index (χ1) is 12.7. The molecule has 0 heterocycles. The molecule has 10 heteroatoms. The highest BCUT2D eigenvalue weighted by Crippen LogP contribution is 2.30. The number of carbonyl (C=O) groups is 1. The Kier molecular flexibility index (Phi) is 7.06. The molecule has 2 aromatic carbocycles. The van der Waals surface area contributed by atoms with E-state index >= 15 is 0 Å². The second-order valence-corrected chi connectivity index (χ2v) is 8.19. The average Bonchev–Trinajstić information content (AvgIpc) is 2.59. The Morgan fingerprint density at radius 1 is 1.26 bits per heavy atom. The fraction of sp³-hybridized carbons (Fsp3) is 0.176. The largest absolute Gasteiger partial charge is 0.495 e. The lowest BCUT2D eigenvalue weighted by Crippen LogP contribution is -2.39. The molecule has 1 amide bonds. The maximum atomic E-state index is 12.1. The van der Waals surface area contributed by atoms with Crippen molar-refractivity contribution in [2.75, 3.05) is 24.2 Å². The van der Waals surface area contributed by atoms with E-state index in [-0.39, 0.29) is 10.7 Å². The summed E-state index contributed by atoms with van der Waals surface area (Å²) < 4.78 is 30.1. The van der Waals surface area contributed by atoms with Gasteiger partial charge < -0.3 is 4.74 Å². The van der Waals surface area contributed by atoms with Gasteiger partial charge in [-0.05, 0) is 35.9 Å². The van der Waals surface area contributed by atoms with Crippen LogP contribution in [0.2, 0.25) is 10.0 Å². The molecule has 0 bridgehead atoms. The van der Waals surface area contributed by atoms with Gasteiger partial charge in [-0.2, -0.15) is 5.10 Å². The number of hydrazone groups is 1. The summed E-state index contributed by atoms with van der Waals surface area (Å²) in [6, 6.07) is 11.3. The standard InChI is InChI=1S/C17H17Cl2N3O4S/c1-26-16-7-6-14(9-15(16)19)22(27(2,24)25)11-17(23)21-20-10-12-4-3-5-13(18)8-12/h3-10H,11H2,1-2H3,(H,21,23)/b20-10-. The summed E-state index contributed by atoms with van der Waals surface area (Å²) in [5, 5.41) is 4.56. The van der Waals surface area contributed by atoms with E-state index in [1.165, 1.54) is 31.5 Å². The number of hydrogen-bond donors (Lipinski definition) is 1. The fourth-order valence-corrected chi connectivity index (χ4v) is 3.44. The van der Waals surface area contributed by atoms with Crippen molar-refractivity contribution >= 4 is 51.0 Å². The molecule has 0 atom stereocenters. The van der Waals surface area contributed by atoms with Gasteiger partial charge in [0.1, 0.15) is 12.3 Å². The summed E-state index contributed by atoms with van der Waals surface area (Å²) in [5.41, 5.74) is 3.20. The van der Waals surface area contributed by atoms with Gasteiger partial charge >= 0.3 is 0 Å². The van der Waals surface area contributed by atoms with Crippen LogP contribution in [0, 0.1) is 0 Å². The third-order valence-corrected chi connectivity index (χ3v) is 5.03. The number of methoxy groups -OCH3 is 1. The minimum Gasteiger partial charge on any atom is -0.495 e. The van der Waals surface area contributed by atoms with Crippen molar-refractivity contribution in [3.05, 3.63) is 58.1 Å². The van der Waals surface area contributed by atoms with Crippen LogP contribution in [-0.4, -0.2) is 40.4 Å². The summed E-state index contributed by atoms with van der Waals surface area (Å²) in [6.07, 6.45) is 2.40. The van der Waals surface area contributed by atoms with Gasteiger partial charge in [-0.3, -0.25) is 9.10 Å². The monoisotopic (exact) mass is 429 g/mol. The van der Waals surface area contributed by atoms with Crippen LogP contribution in [0.1, 0.15) is 5.56 Å². The molecule has 2 aromatic rings. The first-order valence-corrected chi connectivity index (χ1v) is 10.2. The van der Waals surface area contributed by atoms with Crippen molar-refractivity contribution in [2.24, 2.45) is 5.10 Å². The molecule has 2 rings (SSSR count). The van der Waals surface area contributed by atoms with Gasteiger partial charge in [0.05, 0.1) is 30.3 Å². The van der Waals surface area contributed by atoms with E-state index in [2.05, 4.69) is 10.5 Å². The SMILES string of the molecule is COc1ccc(N(CC(=O)N/N=C\c2cccc(Cl)c2)S(C)(=O)=O)cc1Cl. The summed E-state index contributed by atoms with van der Waals surface area (Å²) >= 11 is 11.9. The molecule has 0 aliphatic carbocycles. The number of ether oxygens (including phenoxy) is 1. The lowest BCUT2D eigenvalue weighted by Gasteiger charge is -2.21. The minimum atomic E-state index is -3.73. The molecule has 7 nitrogen and oxygen atoms in total. The van der Waals surface area contributed by atoms with Gasteiger partial charge in [-0.25, -0.2) is 13.8 Å². The Bertz CT molecular complexity index is 964. The van der Waals surface area contributed by atoms with E-state index in [0.717, 1.165) is 10.6 Å². The van der Waals surface area contributed by atoms with Crippen molar-refractivity contribution in [1.29, 1.82) is 0 Å². The number of halogens is 2. The summed E-state index contributed by atoms with van der Waals surface area (Å²) in [4.78, 5) is 12.1. The Labute approximate surface area is 167 Å². The maximum absolute atomic E-state index is 12.1. The van der Waals surface area contributed by atoms with Crippen LogP contribution >= 0.6 is 23.2 Å². The third-order valence-electron chi connectivity index (χ3n) is 3.36. The summed E-state index contributed by atoms with van der Waals surface area (Å²) in [7, 11) is -2.28. The Morgan fingerprint density at radius 2 is 2.00 bits per heavy atom. The van der Waals surface area contributed by atoms with Gasteiger partial charge in [0.2, 0.25) is 10.0 Å². The molecule has 144 valence electrons. The number of benzene rings is 2. The van der Waals surface area contributed by atoms with Gasteiger partial charge in [0.15, 0.2) is 0 Å². The van der Waals surface area contributed by atoms with Crippen molar-refractivity contribution < 1.29 is 17.9 Å². The van der Waals surface area contributed by atoms with E-state index in [4.69, 9.17) is 27.9 Å². The zero-order valence-electron chi connectivity index (χ0n) is 14.5. The molecule has 0 saturated carbocycles. The molecule has 27 heavy (non-hydrogen) atoms. The summed E-state index contributed by atoms with van der Waals surface area (Å²) in [6.45, 7) is -0.464. The second-order valence-electron chi connectivity index (χ2n) is 5.44. The predicted molar refractivity (Wildman–Crippen MR) is 107 cm³/mol. The lowest BCUT2D eigenvalue weighted by atomic mass is 10.2. The number of sulfonamides is 1. The van der Waals surface area contributed by atoms with E-state index in [9.17, 15) is 13.2 Å². The molecule has 0 spiro atoms. The number of anilines is 1. The molecule has 0 aliphatic rings. The van der Waals surface area contributed by atoms with Crippen LogP contribution in [0.15, 0.2) is 47.6 Å². The molecule has 0 aromatic heterocycles. The molecule has 1 N–H and O–H groups in total. The molecule has 0 fully saturated rings. The number of nitrogens with zero attached hydrogens (tertiary/aromatic N) is 2. The minimum absolute atomic E-state index is 0.225. The molecule has 0 radical (unpaired) electrons. The van der Waals surface area contributed by atoms with Crippen molar-refractivity contribution in [1.82, 2.24) is 5.43 Å². The Balaban J connectivity index is 2.12. The number of hydrogen-bond acceptors (Lipinski definition) is 5. The van der Waals surface area contributed by atoms with Crippen LogP contribution in [-0.2, 0) is 14.8 Å². The molecular weight excluding hydrogens is 413 g/mol.